The summed E-state index contributed by atoms with van der Waals surface area (Å²) in [6.07, 6.45) is 11.8. The first kappa shape index (κ1) is 26.4. The standard InChI is InChI=1S/C27H37FN8O2S/c28-18-5-11-23(12-6-18)39(37,38)35-15-13-21(14-16-35)31-25-24-26(36(17-30-24)22-3-1-2-4-22)34-27(33-25)32-20-9-7-19(29)8-10-20/h5-6,11-12,17,19-22H,1-4,7-10,13-16,29H2,(H2,31,32,33,34)/t19-,20-. The van der Waals surface area contributed by atoms with Crippen molar-refractivity contribution in [1.82, 2.24) is 23.8 Å². The van der Waals surface area contributed by atoms with E-state index in [0.29, 0.717) is 43.7 Å². The molecular weight excluding hydrogens is 519 g/mol. The first-order valence-corrected chi connectivity index (χ1v) is 15.6. The van der Waals surface area contributed by atoms with Gasteiger partial charge in [-0.25, -0.2) is 17.8 Å². The summed E-state index contributed by atoms with van der Waals surface area (Å²) in [6.45, 7) is 0.741. The highest BCUT2D eigenvalue weighted by Crippen LogP contribution is 2.34. The molecule has 0 atom stereocenters. The Morgan fingerprint density at radius 1 is 0.872 bits per heavy atom. The molecule has 3 aromatic rings. The number of aromatic nitrogens is 4. The summed E-state index contributed by atoms with van der Waals surface area (Å²) in [5, 5.41) is 7.13. The Labute approximate surface area is 228 Å². The Hall–Kier alpha value is -2.83. The average molecular weight is 557 g/mol. The number of nitrogens with two attached hydrogens (primary N) is 1. The van der Waals surface area contributed by atoms with Crippen molar-refractivity contribution in [2.75, 3.05) is 23.7 Å². The molecule has 210 valence electrons. The van der Waals surface area contributed by atoms with Crippen LogP contribution in [0.4, 0.5) is 16.2 Å². The molecule has 0 amide bonds. The molecule has 4 N–H and O–H groups in total. The zero-order chi connectivity index (χ0) is 27.0. The van der Waals surface area contributed by atoms with Crippen LogP contribution in [0.3, 0.4) is 0 Å². The topological polar surface area (TPSA) is 131 Å². The number of hydrogen-bond acceptors (Lipinski definition) is 8. The maximum absolute atomic E-state index is 13.3. The quantitative estimate of drug-likeness (QED) is 0.398. The van der Waals surface area contributed by atoms with Crippen LogP contribution < -0.4 is 16.4 Å². The summed E-state index contributed by atoms with van der Waals surface area (Å²) in [7, 11) is -3.66. The zero-order valence-electron chi connectivity index (χ0n) is 22.1. The first-order valence-electron chi connectivity index (χ1n) is 14.2. The first-order chi connectivity index (χ1) is 18.9. The van der Waals surface area contributed by atoms with Gasteiger partial charge >= 0.3 is 0 Å². The Bertz CT molecular complexity index is 1390. The molecule has 1 saturated heterocycles. The van der Waals surface area contributed by atoms with E-state index in [4.69, 9.17) is 20.7 Å². The second kappa shape index (κ2) is 11.0. The van der Waals surface area contributed by atoms with Gasteiger partial charge in [-0.3, -0.25) is 0 Å². The third-order valence-corrected chi connectivity index (χ3v) is 10.4. The van der Waals surface area contributed by atoms with Crippen molar-refractivity contribution in [2.24, 2.45) is 5.73 Å². The second-order valence-corrected chi connectivity index (χ2v) is 13.1. The van der Waals surface area contributed by atoms with Gasteiger partial charge in [0.15, 0.2) is 17.0 Å². The van der Waals surface area contributed by atoms with Gasteiger partial charge in [0.1, 0.15) is 5.82 Å². The molecule has 0 radical (unpaired) electrons. The molecule has 6 rings (SSSR count). The zero-order valence-corrected chi connectivity index (χ0v) is 22.9. The van der Waals surface area contributed by atoms with Gasteiger partial charge in [0.2, 0.25) is 16.0 Å². The normalized spacial score (nSPS) is 23.8. The summed E-state index contributed by atoms with van der Waals surface area (Å²) >= 11 is 0. The molecule has 2 aliphatic carbocycles. The van der Waals surface area contributed by atoms with Crippen LogP contribution in [-0.4, -0.2) is 63.5 Å². The average Bonchev–Trinajstić information content (AvgIpc) is 3.61. The van der Waals surface area contributed by atoms with Gasteiger partial charge in [-0.1, -0.05) is 12.8 Å². The van der Waals surface area contributed by atoms with E-state index >= 15 is 0 Å². The van der Waals surface area contributed by atoms with E-state index < -0.39 is 15.8 Å². The molecule has 12 heteroatoms. The largest absolute Gasteiger partial charge is 0.365 e. The van der Waals surface area contributed by atoms with Crippen LogP contribution in [0.25, 0.3) is 11.2 Å². The van der Waals surface area contributed by atoms with Crippen LogP contribution in [0.2, 0.25) is 0 Å². The maximum Gasteiger partial charge on any atom is 0.243 e. The number of piperidine rings is 1. The Balaban J connectivity index is 1.20. The number of rotatable bonds is 7. The van der Waals surface area contributed by atoms with Gasteiger partial charge < -0.3 is 20.9 Å². The summed E-state index contributed by atoms with van der Waals surface area (Å²) < 4.78 is 43.1. The number of sulfonamides is 1. The van der Waals surface area contributed by atoms with Crippen LogP contribution in [0.5, 0.6) is 0 Å². The van der Waals surface area contributed by atoms with Crippen LogP contribution in [0.15, 0.2) is 35.5 Å². The lowest BCUT2D eigenvalue weighted by Crippen LogP contribution is -2.42. The fraction of sp³-hybridized carbons (Fsp3) is 0.593. The number of imidazole rings is 1. The van der Waals surface area contributed by atoms with E-state index in [1.165, 1.54) is 41.4 Å². The van der Waals surface area contributed by atoms with Crippen LogP contribution in [-0.2, 0) is 10.0 Å². The van der Waals surface area contributed by atoms with Gasteiger partial charge in [0.25, 0.3) is 0 Å². The highest BCUT2D eigenvalue weighted by molar-refractivity contribution is 7.89. The van der Waals surface area contributed by atoms with Crippen molar-refractivity contribution in [1.29, 1.82) is 0 Å². The lowest BCUT2D eigenvalue weighted by atomic mass is 9.92. The van der Waals surface area contributed by atoms with Crippen molar-refractivity contribution in [3.05, 3.63) is 36.4 Å². The molecule has 1 aromatic carbocycles. The highest BCUT2D eigenvalue weighted by Gasteiger charge is 2.31. The number of hydrogen-bond donors (Lipinski definition) is 3. The summed E-state index contributed by atoms with van der Waals surface area (Å²) in [5.41, 5.74) is 7.70. The van der Waals surface area contributed by atoms with E-state index in [0.717, 1.165) is 49.7 Å². The molecule has 0 unspecified atom stereocenters. The van der Waals surface area contributed by atoms with E-state index in [9.17, 15) is 12.8 Å². The van der Waals surface area contributed by atoms with Crippen molar-refractivity contribution < 1.29 is 12.8 Å². The fourth-order valence-electron chi connectivity index (χ4n) is 6.17. The summed E-state index contributed by atoms with van der Waals surface area (Å²) in [4.78, 5) is 14.6. The summed E-state index contributed by atoms with van der Waals surface area (Å²) in [5.74, 6) is 0.831. The third kappa shape index (κ3) is 5.59. The molecule has 10 nitrogen and oxygen atoms in total. The molecule has 39 heavy (non-hydrogen) atoms. The number of nitrogens with zero attached hydrogens (tertiary/aromatic N) is 5. The predicted molar refractivity (Wildman–Crippen MR) is 148 cm³/mol. The third-order valence-electron chi connectivity index (χ3n) is 8.49. The van der Waals surface area contributed by atoms with Crippen molar-refractivity contribution >= 4 is 33.0 Å². The highest BCUT2D eigenvalue weighted by atomic mass is 32.2. The Kier molecular flexibility index (Phi) is 7.43. The van der Waals surface area contributed by atoms with Gasteiger partial charge in [0, 0.05) is 37.3 Å². The minimum Gasteiger partial charge on any atom is -0.365 e. The summed E-state index contributed by atoms with van der Waals surface area (Å²) in [6, 6.07) is 6.00. The van der Waals surface area contributed by atoms with Gasteiger partial charge in [-0.15, -0.1) is 0 Å². The number of anilines is 2. The second-order valence-electron chi connectivity index (χ2n) is 11.2. The monoisotopic (exact) mass is 556 g/mol. The lowest BCUT2D eigenvalue weighted by Gasteiger charge is -2.32. The van der Waals surface area contributed by atoms with Crippen molar-refractivity contribution in [3.63, 3.8) is 0 Å². The molecule has 2 saturated carbocycles. The molecule has 3 aliphatic rings. The molecule has 3 heterocycles. The fourth-order valence-corrected chi connectivity index (χ4v) is 7.64. The number of benzene rings is 1. The molecule has 3 fully saturated rings. The Morgan fingerprint density at radius 3 is 2.23 bits per heavy atom. The number of halogens is 1. The van der Waals surface area contributed by atoms with Crippen molar-refractivity contribution in [2.45, 2.75) is 93.3 Å². The predicted octanol–water partition coefficient (Wildman–Crippen LogP) is 4.03. The number of nitrogens with one attached hydrogen (secondary N) is 2. The van der Waals surface area contributed by atoms with Gasteiger partial charge in [-0.05, 0) is 75.6 Å². The lowest BCUT2D eigenvalue weighted by molar-refractivity contribution is 0.329. The van der Waals surface area contributed by atoms with Gasteiger partial charge in [0.05, 0.1) is 11.2 Å². The minimum absolute atomic E-state index is 0.0416. The van der Waals surface area contributed by atoms with E-state index in [2.05, 4.69) is 15.2 Å². The van der Waals surface area contributed by atoms with Gasteiger partial charge in [-0.2, -0.15) is 14.3 Å². The molecule has 2 aromatic heterocycles. The van der Waals surface area contributed by atoms with E-state index in [-0.39, 0.29) is 23.0 Å². The SMILES string of the molecule is N[C@H]1CC[C@H](Nc2nc(NC3CCN(S(=O)(=O)c4ccc(F)cc4)CC3)c3ncn(C4CCCC4)c3n2)CC1. The van der Waals surface area contributed by atoms with Crippen LogP contribution in [0.1, 0.15) is 70.3 Å². The van der Waals surface area contributed by atoms with Crippen molar-refractivity contribution in [3.8, 4) is 0 Å². The molecule has 1 aliphatic heterocycles. The molecule has 0 spiro atoms. The van der Waals surface area contributed by atoms with Crippen LogP contribution >= 0.6 is 0 Å². The van der Waals surface area contributed by atoms with E-state index in [1.807, 2.05) is 6.33 Å². The molecular formula is C27H37FN8O2S. The van der Waals surface area contributed by atoms with Crippen LogP contribution in [0, 0.1) is 5.82 Å². The smallest absolute Gasteiger partial charge is 0.243 e. The maximum atomic E-state index is 13.3. The minimum atomic E-state index is -3.66. The number of fused-ring (bicyclic) bond motifs is 1. The molecule has 0 bridgehead atoms. The van der Waals surface area contributed by atoms with E-state index in [1.54, 1.807) is 0 Å². The Morgan fingerprint density at radius 2 is 1.54 bits per heavy atom.